The summed E-state index contributed by atoms with van der Waals surface area (Å²) in [5, 5.41) is 7.29. The minimum absolute atomic E-state index is 0.0366. The zero-order valence-electron chi connectivity index (χ0n) is 14.2. The van der Waals surface area contributed by atoms with E-state index in [1.165, 1.54) is 25.7 Å². The first-order valence-corrected chi connectivity index (χ1v) is 9.50. The summed E-state index contributed by atoms with van der Waals surface area (Å²) >= 11 is 0. The number of nitrogens with one attached hydrogen (secondary N) is 1. The van der Waals surface area contributed by atoms with Gasteiger partial charge in [0.1, 0.15) is 5.82 Å². The van der Waals surface area contributed by atoms with Gasteiger partial charge in [-0.25, -0.2) is 4.98 Å². The maximum atomic E-state index is 13.5. The number of aromatic amines is 1. The second-order valence-electron chi connectivity index (χ2n) is 7.86. The Morgan fingerprint density at radius 2 is 2.00 bits per heavy atom. The van der Waals surface area contributed by atoms with E-state index in [4.69, 9.17) is 0 Å². The average molecular weight is 334 g/mol. The average Bonchev–Trinajstić information content (AvgIpc) is 3.05. The summed E-state index contributed by atoms with van der Waals surface area (Å²) in [5.74, 6) is 2.85. The SMILES string of the molecule is O=C(CCC1CCCC1)N1C[C@@H](CF)[C@H](c2nc(C3CC3)n[nH]2)C1. The van der Waals surface area contributed by atoms with Crippen molar-refractivity contribution >= 4 is 5.91 Å². The van der Waals surface area contributed by atoms with Crippen LogP contribution in [0.2, 0.25) is 0 Å². The van der Waals surface area contributed by atoms with Gasteiger partial charge in [-0.05, 0) is 25.2 Å². The zero-order valence-corrected chi connectivity index (χ0v) is 14.2. The van der Waals surface area contributed by atoms with Crippen LogP contribution in [0, 0.1) is 11.8 Å². The van der Waals surface area contributed by atoms with Crippen molar-refractivity contribution in [3.63, 3.8) is 0 Å². The van der Waals surface area contributed by atoms with E-state index in [9.17, 15) is 9.18 Å². The van der Waals surface area contributed by atoms with E-state index in [2.05, 4.69) is 15.2 Å². The summed E-state index contributed by atoms with van der Waals surface area (Å²) in [4.78, 5) is 19.0. The highest BCUT2D eigenvalue weighted by molar-refractivity contribution is 5.76. The van der Waals surface area contributed by atoms with Crippen molar-refractivity contribution in [3.05, 3.63) is 11.6 Å². The fourth-order valence-corrected chi connectivity index (χ4v) is 4.30. The van der Waals surface area contributed by atoms with E-state index < -0.39 is 6.67 Å². The van der Waals surface area contributed by atoms with Gasteiger partial charge in [0.25, 0.3) is 0 Å². The Bertz CT molecular complexity index is 579. The summed E-state index contributed by atoms with van der Waals surface area (Å²) in [6, 6.07) is 0. The Morgan fingerprint density at radius 3 is 2.71 bits per heavy atom. The van der Waals surface area contributed by atoms with Gasteiger partial charge in [0.15, 0.2) is 5.82 Å². The predicted octanol–water partition coefficient (Wildman–Crippen LogP) is 3.16. The lowest BCUT2D eigenvalue weighted by Crippen LogP contribution is -2.29. The fraction of sp³-hybridized carbons (Fsp3) is 0.833. The molecule has 0 unspecified atom stereocenters. The molecule has 5 nitrogen and oxygen atoms in total. The topological polar surface area (TPSA) is 61.9 Å². The molecule has 3 aliphatic rings. The van der Waals surface area contributed by atoms with Crippen molar-refractivity contribution in [2.24, 2.45) is 11.8 Å². The lowest BCUT2D eigenvalue weighted by Gasteiger charge is -2.17. The van der Waals surface area contributed by atoms with Gasteiger partial charge in [-0.2, -0.15) is 5.10 Å². The van der Waals surface area contributed by atoms with Gasteiger partial charge in [-0.15, -0.1) is 0 Å². The molecule has 1 aromatic heterocycles. The van der Waals surface area contributed by atoms with Crippen molar-refractivity contribution in [2.75, 3.05) is 19.8 Å². The molecule has 2 heterocycles. The molecular weight excluding hydrogens is 307 g/mol. The molecule has 4 rings (SSSR count). The van der Waals surface area contributed by atoms with Gasteiger partial charge in [0.05, 0.1) is 6.67 Å². The molecule has 3 fully saturated rings. The van der Waals surface area contributed by atoms with Crippen molar-refractivity contribution in [1.29, 1.82) is 0 Å². The number of alkyl halides is 1. The van der Waals surface area contributed by atoms with Gasteiger partial charge >= 0.3 is 0 Å². The van der Waals surface area contributed by atoms with E-state index >= 15 is 0 Å². The van der Waals surface area contributed by atoms with E-state index in [1.807, 2.05) is 4.90 Å². The van der Waals surface area contributed by atoms with Crippen LogP contribution in [0.15, 0.2) is 0 Å². The third kappa shape index (κ3) is 3.33. The molecular formula is C18H27FN4O. The molecule has 1 saturated heterocycles. The van der Waals surface area contributed by atoms with E-state index in [0.717, 1.165) is 36.8 Å². The van der Waals surface area contributed by atoms with Crippen LogP contribution in [0.5, 0.6) is 0 Å². The number of rotatable bonds is 6. The van der Waals surface area contributed by atoms with Crippen molar-refractivity contribution in [1.82, 2.24) is 20.1 Å². The molecule has 2 saturated carbocycles. The van der Waals surface area contributed by atoms with Gasteiger partial charge in [-0.3, -0.25) is 14.3 Å². The second kappa shape index (κ2) is 6.81. The van der Waals surface area contributed by atoms with Crippen LogP contribution in [-0.4, -0.2) is 45.8 Å². The standard InChI is InChI=1S/C18H27FN4O/c19-9-14-10-23(16(24)8-5-12-3-1-2-4-12)11-15(14)18-20-17(21-22-18)13-6-7-13/h12-15H,1-11H2,(H,20,21,22)/t14-,15-/m1/s1. The minimum atomic E-state index is -0.406. The second-order valence-corrected chi connectivity index (χ2v) is 7.86. The molecule has 0 bridgehead atoms. The molecule has 1 N–H and O–H groups in total. The molecule has 1 aliphatic heterocycles. The first-order valence-electron chi connectivity index (χ1n) is 9.50. The van der Waals surface area contributed by atoms with Crippen molar-refractivity contribution in [3.8, 4) is 0 Å². The smallest absolute Gasteiger partial charge is 0.222 e. The van der Waals surface area contributed by atoms with Crippen LogP contribution in [0.1, 0.15) is 74.9 Å². The van der Waals surface area contributed by atoms with Gasteiger partial charge in [-0.1, -0.05) is 25.7 Å². The lowest BCUT2D eigenvalue weighted by molar-refractivity contribution is -0.130. The minimum Gasteiger partial charge on any atom is -0.342 e. The summed E-state index contributed by atoms with van der Waals surface area (Å²) in [5.41, 5.74) is 0. The van der Waals surface area contributed by atoms with Crippen LogP contribution in [0.25, 0.3) is 0 Å². The van der Waals surface area contributed by atoms with E-state index in [1.54, 1.807) is 0 Å². The molecule has 0 radical (unpaired) electrons. The first-order chi connectivity index (χ1) is 11.7. The molecule has 2 atom stereocenters. The van der Waals surface area contributed by atoms with Gasteiger partial charge in [0.2, 0.25) is 5.91 Å². The number of amides is 1. The maximum Gasteiger partial charge on any atom is 0.222 e. The number of nitrogens with zero attached hydrogens (tertiary/aromatic N) is 3. The number of hydrogen-bond acceptors (Lipinski definition) is 3. The molecule has 2 aliphatic carbocycles. The number of aromatic nitrogens is 3. The lowest BCUT2D eigenvalue weighted by atomic mass is 9.97. The first kappa shape index (κ1) is 16.0. The third-order valence-electron chi connectivity index (χ3n) is 6.05. The van der Waals surface area contributed by atoms with Crippen LogP contribution in [-0.2, 0) is 4.79 Å². The van der Waals surface area contributed by atoms with Gasteiger partial charge < -0.3 is 4.90 Å². The number of likely N-dealkylation sites (tertiary alicyclic amines) is 1. The highest BCUT2D eigenvalue weighted by Gasteiger charge is 2.39. The zero-order chi connectivity index (χ0) is 16.5. The highest BCUT2D eigenvalue weighted by Crippen LogP contribution is 2.39. The number of halogens is 1. The number of carbonyl (C=O) groups is 1. The Kier molecular flexibility index (Phi) is 4.55. The highest BCUT2D eigenvalue weighted by atomic mass is 19.1. The molecule has 132 valence electrons. The largest absolute Gasteiger partial charge is 0.342 e. The summed E-state index contributed by atoms with van der Waals surface area (Å²) in [7, 11) is 0. The molecule has 24 heavy (non-hydrogen) atoms. The fourth-order valence-electron chi connectivity index (χ4n) is 4.30. The molecule has 0 aromatic carbocycles. The molecule has 1 aromatic rings. The Morgan fingerprint density at radius 1 is 1.21 bits per heavy atom. The summed E-state index contributed by atoms with van der Waals surface area (Å²) < 4.78 is 13.5. The van der Waals surface area contributed by atoms with Crippen molar-refractivity contribution < 1.29 is 9.18 Å². The normalized spacial score (nSPS) is 28.0. The number of hydrogen-bond donors (Lipinski definition) is 1. The summed E-state index contributed by atoms with van der Waals surface area (Å²) in [6.07, 6.45) is 9.07. The molecule has 1 amide bonds. The number of H-pyrrole nitrogens is 1. The Balaban J connectivity index is 1.36. The monoisotopic (exact) mass is 334 g/mol. The van der Waals surface area contributed by atoms with Crippen LogP contribution < -0.4 is 0 Å². The maximum absolute atomic E-state index is 13.5. The number of carbonyl (C=O) groups excluding carboxylic acids is 1. The van der Waals surface area contributed by atoms with Crippen LogP contribution in [0.3, 0.4) is 0 Å². The van der Waals surface area contributed by atoms with Gasteiger partial charge in [0, 0.05) is 37.3 Å². The summed E-state index contributed by atoms with van der Waals surface area (Å²) in [6.45, 7) is 0.693. The molecule has 6 heteroatoms. The van der Waals surface area contributed by atoms with E-state index in [-0.39, 0.29) is 17.7 Å². The van der Waals surface area contributed by atoms with Crippen LogP contribution >= 0.6 is 0 Å². The van der Waals surface area contributed by atoms with E-state index in [0.29, 0.717) is 25.4 Å². The predicted molar refractivity (Wildman–Crippen MR) is 88.3 cm³/mol. The van der Waals surface area contributed by atoms with Crippen molar-refractivity contribution in [2.45, 2.75) is 63.2 Å². The Hall–Kier alpha value is -1.46. The quantitative estimate of drug-likeness (QED) is 0.869. The van der Waals surface area contributed by atoms with Crippen LogP contribution in [0.4, 0.5) is 4.39 Å². The third-order valence-corrected chi connectivity index (χ3v) is 6.05. The Labute approximate surface area is 142 Å². The molecule has 0 spiro atoms.